The van der Waals surface area contributed by atoms with Gasteiger partial charge >= 0.3 is 0 Å². The van der Waals surface area contributed by atoms with E-state index in [1.54, 1.807) is 17.4 Å². The van der Waals surface area contributed by atoms with Gasteiger partial charge in [-0.2, -0.15) is 0 Å². The van der Waals surface area contributed by atoms with Crippen molar-refractivity contribution in [2.24, 2.45) is 0 Å². The maximum Gasteiger partial charge on any atom is 0.124 e. The first-order valence-electron chi connectivity index (χ1n) is 5.18. The molecule has 1 aromatic heterocycles. The van der Waals surface area contributed by atoms with Crippen LogP contribution in [0.4, 0.5) is 10.1 Å². The number of nitrogens with zero attached hydrogens (tertiary/aromatic N) is 1. The van der Waals surface area contributed by atoms with Crippen molar-refractivity contribution in [3.8, 4) is 0 Å². The van der Waals surface area contributed by atoms with E-state index in [0.717, 1.165) is 26.5 Å². The van der Waals surface area contributed by atoms with Gasteiger partial charge in [-0.25, -0.2) is 9.37 Å². The van der Waals surface area contributed by atoms with Gasteiger partial charge in [0.15, 0.2) is 0 Å². The van der Waals surface area contributed by atoms with Gasteiger partial charge in [-0.05, 0) is 54.6 Å². The average molecular weight is 362 g/mol. The van der Waals surface area contributed by atoms with Crippen molar-refractivity contribution in [2.75, 3.05) is 5.32 Å². The van der Waals surface area contributed by atoms with Gasteiger partial charge in [0.05, 0.1) is 17.2 Å². The molecule has 90 valence electrons. The van der Waals surface area contributed by atoms with E-state index in [4.69, 9.17) is 0 Å². The molecule has 0 fully saturated rings. The summed E-state index contributed by atoms with van der Waals surface area (Å²) in [6, 6.07) is 4.75. The number of thiazole rings is 1. The largest absolute Gasteiger partial charge is 0.379 e. The van der Waals surface area contributed by atoms with Crippen LogP contribution in [0.25, 0.3) is 0 Å². The number of hydrogen-bond donors (Lipinski definition) is 1. The van der Waals surface area contributed by atoms with Crippen molar-refractivity contribution in [3.63, 3.8) is 0 Å². The second-order valence-electron chi connectivity index (χ2n) is 3.72. The van der Waals surface area contributed by atoms with Crippen LogP contribution in [0.2, 0.25) is 0 Å². The predicted molar refractivity (Wildman–Crippen MR) is 78.0 cm³/mol. The lowest BCUT2D eigenvalue weighted by molar-refractivity contribution is 0.627. The summed E-state index contributed by atoms with van der Waals surface area (Å²) < 4.78 is 13.8. The molecule has 0 aliphatic carbocycles. The molecule has 0 spiro atoms. The Kier molecular flexibility index (Phi) is 3.98. The molecule has 1 aromatic carbocycles. The highest BCUT2D eigenvalue weighted by atomic mass is 127. The Morgan fingerprint density at radius 3 is 2.76 bits per heavy atom. The Hall–Kier alpha value is -0.690. The van der Waals surface area contributed by atoms with Crippen LogP contribution >= 0.6 is 33.9 Å². The van der Waals surface area contributed by atoms with Crippen molar-refractivity contribution in [3.05, 3.63) is 43.2 Å². The summed E-state index contributed by atoms with van der Waals surface area (Å²) in [5.74, 6) is -0.204. The monoisotopic (exact) mass is 362 g/mol. The third-order valence-corrected chi connectivity index (χ3v) is 4.34. The fourth-order valence-corrected chi connectivity index (χ4v) is 3.09. The Balaban J connectivity index is 2.10. The van der Waals surface area contributed by atoms with E-state index in [-0.39, 0.29) is 5.82 Å². The smallest absolute Gasteiger partial charge is 0.124 e. The molecule has 0 unspecified atom stereocenters. The van der Waals surface area contributed by atoms with E-state index in [2.05, 4.69) is 32.9 Å². The first kappa shape index (κ1) is 12.8. The zero-order valence-corrected chi connectivity index (χ0v) is 12.5. The van der Waals surface area contributed by atoms with Crippen LogP contribution in [0, 0.1) is 23.2 Å². The summed E-state index contributed by atoms with van der Waals surface area (Å²) >= 11 is 3.82. The summed E-state index contributed by atoms with van der Waals surface area (Å²) in [7, 11) is 0. The highest BCUT2D eigenvalue weighted by Crippen LogP contribution is 2.22. The third-order valence-electron chi connectivity index (χ3n) is 2.37. The Morgan fingerprint density at radius 2 is 2.18 bits per heavy atom. The van der Waals surface area contributed by atoms with Gasteiger partial charge in [-0.3, -0.25) is 0 Å². The number of aromatic nitrogens is 1. The molecule has 0 radical (unpaired) electrons. The standard InChI is InChI=1S/C12H12FIN2S/c1-7-12(17-8(2)16-7)6-15-11-4-3-9(13)5-10(11)14/h3-5,15H,6H2,1-2H3. The lowest BCUT2D eigenvalue weighted by atomic mass is 10.3. The minimum absolute atomic E-state index is 0.204. The van der Waals surface area contributed by atoms with Crippen molar-refractivity contribution in [1.82, 2.24) is 4.98 Å². The Morgan fingerprint density at radius 1 is 1.41 bits per heavy atom. The lowest BCUT2D eigenvalue weighted by Gasteiger charge is -2.07. The normalized spacial score (nSPS) is 10.6. The SMILES string of the molecule is Cc1nc(C)c(CNc2ccc(F)cc2I)s1. The molecule has 5 heteroatoms. The summed E-state index contributed by atoms with van der Waals surface area (Å²) in [5, 5.41) is 4.38. The summed E-state index contributed by atoms with van der Waals surface area (Å²) in [5.41, 5.74) is 2.02. The fourth-order valence-electron chi connectivity index (χ4n) is 1.55. The van der Waals surface area contributed by atoms with Crippen LogP contribution < -0.4 is 5.32 Å². The molecule has 0 aliphatic rings. The Bertz CT molecular complexity index is 539. The molecule has 0 atom stereocenters. The minimum atomic E-state index is -0.204. The molecule has 17 heavy (non-hydrogen) atoms. The molecule has 0 saturated heterocycles. The van der Waals surface area contributed by atoms with Gasteiger partial charge in [0.2, 0.25) is 0 Å². The molecule has 1 N–H and O–H groups in total. The Labute approximate surface area is 117 Å². The van der Waals surface area contributed by atoms with Gasteiger partial charge in [0.25, 0.3) is 0 Å². The molecule has 2 nitrogen and oxygen atoms in total. The van der Waals surface area contributed by atoms with Gasteiger partial charge in [-0.1, -0.05) is 0 Å². The van der Waals surface area contributed by atoms with Crippen molar-refractivity contribution < 1.29 is 4.39 Å². The second kappa shape index (κ2) is 5.30. The van der Waals surface area contributed by atoms with Crippen molar-refractivity contribution in [1.29, 1.82) is 0 Å². The number of benzene rings is 1. The quantitative estimate of drug-likeness (QED) is 0.832. The minimum Gasteiger partial charge on any atom is -0.379 e. The predicted octanol–water partition coefficient (Wildman–Crippen LogP) is 4.12. The first-order chi connectivity index (χ1) is 8.06. The molecule has 0 bridgehead atoms. The number of aryl methyl sites for hydroxylation is 2. The summed E-state index contributed by atoms with van der Waals surface area (Å²) in [6.07, 6.45) is 0. The van der Waals surface area contributed by atoms with Crippen molar-refractivity contribution in [2.45, 2.75) is 20.4 Å². The number of halogens is 2. The molecule has 2 rings (SSSR count). The number of nitrogens with one attached hydrogen (secondary N) is 1. The molecule has 2 aromatic rings. The molecule has 1 heterocycles. The van der Waals surface area contributed by atoms with Crippen LogP contribution in [0.1, 0.15) is 15.6 Å². The maximum absolute atomic E-state index is 12.9. The molecular formula is C12H12FIN2S. The van der Waals surface area contributed by atoms with E-state index in [1.807, 2.05) is 13.8 Å². The zero-order chi connectivity index (χ0) is 12.4. The fraction of sp³-hybridized carbons (Fsp3) is 0.250. The molecule has 0 aliphatic heterocycles. The van der Waals surface area contributed by atoms with E-state index < -0.39 is 0 Å². The van der Waals surface area contributed by atoms with Gasteiger partial charge in [0.1, 0.15) is 5.82 Å². The second-order valence-corrected chi connectivity index (χ2v) is 6.17. The molecule has 0 amide bonds. The lowest BCUT2D eigenvalue weighted by Crippen LogP contribution is -2.01. The number of anilines is 1. The highest BCUT2D eigenvalue weighted by molar-refractivity contribution is 14.1. The zero-order valence-electron chi connectivity index (χ0n) is 9.55. The third kappa shape index (κ3) is 3.16. The van der Waals surface area contributed by atoms with Crippen LogP contribution in [0.3, 0.4) is 0 Å². The summed E-state index contributed by atoms with van der Waals surface area (Å²) in [4.78, 5) is 5.60. The van der Waals surface area contributed by atoms with E-state index >= 15 is 0 Å². The van der Waals surface area contributed by atoms with Gasteiger partial charge < -0.3 is 5.32 Å². The van der Waals surface area contributed by atoms with Crippen LogP contribution in [-0.2, 0) is 6.54 Å². The highest BCUT2D eigenvalue weighted by Gasteiger charge is 2.06. The van der Waals surface area contributed by atoms with E-state index in [1.165, 1.54) is 17.0 Å². The number of hydrogen-bond acceptors (Lipinski definition) is 3. The summed E-state index contributed by atoms with van der Waals surface area (Å²) in [6.45, 7) is 4.75. The van der Waals surface area contributed by atoms with Crippen molar-refractivity contribution >= 4 is 39.6 Å². The maximum atomic E-state index is 12.9. The van der Waals surface area contributed by atoms with Gasteiger partial charge in [-0.15, -0.1) is 11.3 Å². The first-order valence-corrected chi connectivity index (χ1v) is 7.07. The van der Waals surface area contributed by atoms with Crippen LogP contribution in [-0.4, -0.2) is 4.98 Å². The topological polar surface area (TPSA) is 24.9 Å². The van der Waals surface area contributed by atoms with E-state index in [0.29, 0.717) is 0 Å². The van der Waals surface area contributed by atoms with Crippen LogP contribution in [0.15, 0.2) is 18.2 Å². The van der Waals surface area contributed by atoms with E-state index in [9.17, 15) is 4.39 Å². The van der Waals surface area contributed by atoms with Gasteiger partial charge in [0, 0.05) is 14.1 Å². The molecular weight excluding hydrogens is 350 g/mol. The average Bonchev–Trinajstić information content (AvgIpc) is 2.56. The number of rotatable bonds is 3. The van der Waals surface area contributed by atoms with Crippen LogP contribution in [0.5, 0.6) is 0 Å². The molecule has 0 saturated carbocycles.